The molecule has 5 nitrogen and oxygen atoms in total. The lowest BCUT2D eigenvalue weighted by molar-refractivity contribution is -1.01. The second kappa shape index (κ2) is 6.12. The molecule has 0 saturated carbocycles. The molecule has 0 amide bonds. The number of piperazine rings is 1. The number of likely N-dealkylation sites (N-methyl/N-ethyl adjacent to an activating group) is 1. The van der Waals surface area contributed by atoms with E-state index in [9.17, 15) is 9.59 Å². The minimum Gasteiger partial charge on any atom is -0.355 e. The van der Waals surface area contributed by atoms with Crippen LogP contribution in [0.2, 0.25) is 0 Å². The summed E-state index contributed by atoms with van der Waals surface area (Å²) in [7, 11) is 2.20. The summed E-state index contributed by atoms with van der Waals surface area (Å²) in [4.78, 5) is 30.5. The second-order valence-corrected chi connectivity index (χ2v) is 6.38. The summed E-state index contributed by atoms with van der Waals surface area (Å²) in [5.74, 6) is 0.140. The number of ketones is 2. The van der Waals surface area contributed by atoms with Gasteiger partial charge >= 0.3 is 0 Å². The van der Waals surface area contributed by atoms with Crippen LogP contribution >= 0.6 is 0 Å². The van der Waals surface area contributed by atoms with Crippen molar-refractivity contribution in [2.75, 3.05) is 33.2 Å². The van der Waals surface area contributed by atoms with Crippen LogP contribution in [0.15, 0.2) is 0 Å². The van der Waals surface area contributed by atoms with Gasteiger partial charge in [-0.2, -0.15) is 0 Å². The van der Waals surface area contributed by atoms with E-state index in [1.165, 1.54) is 9.80 Å². The molecule has 1 aromatic rings. The predicted octanol–water partition coefficient (Wildman–Crippen LogP) is -1.18. The number of aryl methyl sites for hydroxylation is 1. The number of aromatic amines is 1. The Morgan fingerprint density at radius 3 is 2.19 bits per heavy atom. The van der Waals surface area contributed by atoms with E-state index in [0.717, 1.165) is 37.4 Å². The molecule has 1 aromatic heterocycles. The number of hydrogen-bond acceptors (Lipinski definition) is 2. The maximum absolute atomic E-state index is 12.8. The Bertz CT molecular complexity index is 554. The van der Waals surface area contributed by atoms with Gasteiger partial charge < -0.3 is 14.8 Å². The van der Waals surface area contributed by atoms with Crippen molar-refractivity contribution in [3.05, 3.63) is 22.5 Å². The van der Waals surface area contributed by atoms with Crippen molar-refractivity contribution in [1.82, 2.24) is 4.98 Å². The molecule has 116 valence electrons. The van der Waals surface area contributed by atoms with E-state index in [2.05, 4.69) is 12.0 Å². The van der Waals surface area contributed by atoms with E-state index < -0.39 is 0 Å². The van der Waals surface area contributed by atoms with Crippen molar-refractivity contribution in [3.63, 3.8) is 0 Å². The summed E-state index contributed by atoms with van der Waals surface area (Å²) in [5, 5.41) is 0. The molecule has 3 N–H and O–H groups in total. The zero-order valence-electron chi connectivity index (χ0n) is 13.7. The SMILES string of the molecule is CC(=O)c1c(C)[nH]c(C(=O)[C@@H](C)[NH+]2CC[NH+](C)CC2)c1C. The lowest BCUT2D eigenvalue weighted by atomic mass is 10.0. The summed E-state index contributed by atoms with van der Waals surface area (Å²) in [6.45, 7) is 11.5. The van der Waals surface area contributed by atoms with E-state index in [4.69, 9.17) is 0 Å². The molecule has 1 aliphatic rings. The third-order valence-electron chi connectivity index (χ3n) is 4.79. The third-order valence-corrected chi connectivity index (χ3v) is 4.79. The molecule has 0 bridgehead atoms. The number of carbonyl (C=O) groups is 2. The van der Waals surface area contributed by atoms with Gasteiger partial charge in [0.1, 0.15) is 26.2 Å². The number of hydrogen-bond donors (Lipinski definition) is 3. The molecule has 0 aliphatic carbocycles. The molecule has 2 rings (SSSR count). The number of rotatable bonds is 4. The van der Waals surface area contributed by atoms with Gasteiger partial charge in [0.05, 0.1) is 12.7 Å². The number of carbonyl (C=O) groups excluding carboxylic acids is 2. The Labute approximate surface area is 126 Å². The van der Waals surface area contributed by atoms with E-state index >= 15 is 0 Å². The van der Waals surface area contributed by atoms with Gasteiger partial charge in [-0.15, -0.1) is 0 Å². The van der Waals surface area contributed by atoms with Gasteiger partial charge in [0.25, 0.3) is 0 Å². The van der Waals surface area contributed by atoms with Gasteiger partial charge in [-0.3, -0.25) is 9.59 Å². The zero-order valence-corrected chi connectivity index (χ0v) is 13.7. The normalized spacial score (nSPS) is 23.9. The van der Waals surface area contributed by atoms with Gasteiger partial charge in [-0.1, -0.05) is 0 Å². The fourth-order valence-electron chi connectivity index (χ4n) is 3.36. The van der Waals surface area contributed by atoms with Crippen LogP contribution in [0.3, 0.4) is 0 Å². The smallest absolute Gasteiger partial charge is 0.235 e. The van der Waals surface area contributed by atoms with Crippen LogP contribution in [0.5, 0.6) is 0 Å². The summed E-state index contributed by atoms with van der Waals surface area (Å²) in [6, 6.07) is -0.0605. The number of Topliss-reactive ketones (excluding diaryl/α,β-unsaturated/α-hetero) is 2. The minimum atomic E-state index is -0.0605. The quantitative estimate of drug-likeness (QED) is 0.612. The fraction of sp³-hybridized carbons (Fsp3) is 0.625. The third kappa shape index (κ3) is 3.09. The van der Waals surface area contributed by atoms with Gasteiger partial charge in [-0.05, 0) is 33.3 Å². The monoisotopic (exact) mass is 293 g/mol. The molecule has 1 atom stereocenters. The molecule has 0 radical (unpaired) electrons. The molecule has 5 heteroatoms. The molecular formula is C16H27N3O2+2. The number of H-pyrrole nitrogens is 1. The molecule has 2 heterocycles. The van der Waals surface area contributed by atoms with Crippen LogP contribution in [0.25, 0.3) is 0 Å². The van der Waals surface area contributed by atoms with Crippen molar-refractivity contribution in [1.29, 1.82) is 0 Å². The van der Waals surface area contributed by atoms with Gasteiger partial charge in [-0.25, -0.2) is 0 Å². The Morgan fingerprint density at radius 1 is 1.14 bits per heavy atom. The molecule has 0 unspecified atom stereocenters. The van der Waals surface area contributed by atoms with Crippen LogP contribution in [0, 0.1) is 13.8 Å². The molecule has 1 aliphatic heterocycles. The number of quaternary nitrogens is 2. The highest BCUT2D eigenvalue weighted by molar-refractivity contribution is 6.04. The van der Waals surface area contributed by atoms with Crippen molar-refractivity contribution in [3.8, 4) is 0 Å². The van der Waals surface area contributed by atoms with Crippen molar-refractivity contribution >= 4 is 11.6 Å². The van der Waals surface area contributed by atoms with Crippen molar-refractivity contribution < 1.29 is 19.4 Å². The van der Waals surface area contributed by atoms with Crippen LogP contribution in [-0.2, 0) is 0 Å². The summed E-state index contributed by atoms with van der Waals surface area (Å²) in [6.07, 6.45) is 0. The first-order chi connectivity index (χ1) is 9.82. The maximum Gasteiger partial charge on any atom is 0.235 e. The van der Waals surface area contributed by atoms with Crippen LogP contribution in [0.1, 0.15) is 46.0 Å². The standard InChI is InChI=1S/C16H25N3O2/c1-10-14(13(4)20)11(2)17-15(10)16(21)12(3)19-8-6-18(5)7-9-19/h12,17H,6-9H2,1-5H3/p+2/t12-/m1/s1. The van der Waals surface area contributed by atoms with Crippen molar-refractivity contribution in [2.45, 2.75) is 33.7 Å². The number of aromatic nitrogens is 1. The average Bonchev–Trinajstić information content (AvgIpc) is 2.73. The highest BCUT2D eigenvalue weighted by Gasteiger charge is 2.32. The van der Waals surface area contributed by atoms with Gasteiger partial charge in [0.2, 0.25) is 5.78 Å². The van der Waals surface area contributed by atoms with Crippen LogP contribution in [0.4, 0.5) is 0 Å². The fourth-order valence-corrected chi connectivity index (χ4v) is 3.36. The summed E-state index contributed by atoms with van der Waals surface area (Å²) >= 11 is 0. The highest BCUT2D eigenvalue weighted by Crippen LogP contribution is 2.19. The van der Waals surface area contributed by atoms with E-state index in [0.29, 0.717) is 11.3 Å². The molecular weight excluding hydrogens is 266 g/mol. The Balaban J connectivity index is 2.20. The first-order valence-corrected chi connectivity index (χ1v) is 7.73. The van der Waals surface area contributed by atoms with Crippen molar-refractivity contribution in [2.24, 2.45) is 0 Å². The number of nitrogens with one attached hydrogen (secondary N) is 3. The Morgan fingerprint density at radius 2 is 1.71 bits per heavy atom. The first kappa shape index (κ1) is 15.9. The minimum absolute atomic E-state index is 0.0171. The van der Waals surface area contributed by atoms with Gasteiger partial charge in [0.15, 0.2) is 11.8 Å². The zero-order chi connectivity index (χ0) is 15.7. The van der Waals surface area contributed by atoms with Crippen LogP contribution < -0.4 is 9.80 Å². The largest absolute Gasteiger partial charge is 0.355 e. The van der Waals surface area contributed by atoms with E-state index in [-0.39, 0.29) is 17.6 Å². The molecule has 1 fully saturated rings. The lowest BCUT2D eigenvalue weighted by Gasteiger charge is -2.30. The summed E-state index contributed by atoms with van der Waals surface area (Å²) < 4.78 is 0. The van der Waals surface area contributed by atoms with Crippen LogP contribution in [-0.4, -0.2) is 55.8 Å². The average molecular weight is 293 g/mol. The van der Waals surface area contributed by atoms with Gasteiger partial charge in [0, 0.05) is 11.3 Å². The lowest BCUT2D eigenvalue weighted by Crippen LogP contribution is -3.29. The topological polar surface area (TPSA) is 58.8 Å². The second-order valence-electron chi connectivity index (χ2n) is 6.38. The Kier molecular flexibility index (Phi) is 4.64. The first-order valence-electron chi connectivity index (χ1n) is 7.73. The maximum atomic E-state index is 12.8. The molecule has 0 spiro atoms. The Hall–Kier alpha value is -1.46. The summed E-state index contributed by atoms with van der Waals surface area (Å²) in [5.41, 5.74) is 2.89. The molecule has 21 heavy (non-hydrogen) atoms. The molecule has 0 aromatic carbocycles. The van der Waals surface area contributed by atoms with E-state index in [1.807, 2.05) is 20.8 Å². The van der Waals surface area contributed by atoms with E-state index in [1.54, 1.807) is 6.92 Å². The molecule has 1 saturated heterocycles. The highest BCUT2D eigenvalue weighted by atomic mass is 16.1. The predicted molar refractivity (Wildman–Crippen MR) is 81.4 cm³/mol.